The molecule has 92 valence electrons. The van der Waals surface area contributed by atoms with Gasteiger partial charge in [-0.25, -0.2) is 0 Å². The molecule has 1 saturated carbocycles. The summed E-state index contributed by atoms with van der Waals surface area (Å²) in [4.78, 5) is 23.3. The Kier molecular flexibility index (Phi) is 3.61. The fourth-order valence-electron chi connectivity index (χ4n) is 2.15. The van der Waals surface area contributed by atoms with Crippen LogP contribution >= 0.6 is 0 Å². The van der Waals surface area contributed by atoms with Gasteiger partial charge < -0.3 is 9.30 Å². The van der Waals surface area contributed by atoms with E-state index in [0.717, 1.165) is 25.7 Å². The van der Waals surface area contributed by atoms with Crippen LogP contribution in [0.25, 0.3) is 0 Å². The van der Waals surface area contributed by atoms with Crippen LogP contribution in [0.1, 0.15) is 31.2 Å². The van der Waals surface area contributed by atoms with Crippen LogP contribution < -0.4 is 5.56 Å². The van der Waals surface area contributed by atoms with E-state index in [0.29, 0.717) is 5.56 Å². The van der Waals surface area contributed by atoms with Gasteiger partial charge in [-0.15, -0.1) is 0 Å². The molecule has 0 aromatic carbocycles. The molecule has 1 heterocycles. The lowest BCUT2D eigenvalue weighted by Crippen LogP contribution is -2.27. The number of aryl methyl sites for hydroxylation is 1. The van der Waals surface area contributed by atoms with Crippen molar-refractivity contribution >= 4 is 5.97 Å². The van der Waals surface area contributed by atoms with Crippen molar-refractivity contribution in [1.29, 1.82) is 0 Å². The molecular weight excluding hydrogens is 218 g/mol. The summed E-state index contributed by atoms with van der Waals surface area (Å²) in [5.74, 6) is -0.315. The molecule has 4 heteroatoms. The Morgan fingerprint density at radius 1 is 1.47 bits per heavy atom. The summed E-state index contributed by atoms with van der Waals surface area (Å²) in [5.41, 5.74) is 0.511. The normalized spacial score (nSPS) is 16.1. The molecule has 0 saturated heterocycles. The quantitative estimate of drug-likeness (QED) is 0.748. The zero-order valence-electron chi connectivity index (χ0n) is 10.0. The van der Waals surface area contributed by atoms with E-state index in [4.69, 9.17) is 4.74 Å². The van der Waals surface area contributed by atoms with E-state index in [9.17, 15) is 9.59 Å². The van der Waals surface area contributed by atoms with Gasteiger partial charge in [-0.1, -0.05) is 6.07 Å². The molecule has 0 unspecified atom stereocenters. The van der Waals surface area contributed by atoms with Gasteiger partial charge >= 0.3 is 5.97 Å². The first kappa shape index (κ1) is 11.9. The van der Waals surface area contributed by atoms with Crippen molar-refractivity contribution in [2.24, 2.45) is 0 Å². The van der Waals surface area contributed by atoms with Crippen LogP contribution in [0.2, 0.25) is 0 Å². The van der Waals surface area contributed by atoms with Crippen LogP contribution in [0.4, 0.5) is 0 Å². The summed E-state index contributed by atoms with van der Waals surface area (Å²) in [6.45, 7) is 1.75. The van der Waals surface area contributed by atoms with E-state index >= 15 is 0 Å². The van der Waals surface area contributed by atoms with E-state index in [1.165, 1.54) is 4.57 Å². The number of ether oxygens (including phenoxy) is 1. The number of aromatic nitrogens is 1. The van der Waals surface area contributed by atoms with E-state index in [1.54, 1.807) is 25.3 Å². The highest BCUT2D eigenvalue weighted by Gasteiger charge is 2.19. The van der Waals surface area contributed by atoms with Crippen molar-refractivity contribution in [1.82, 2.24) is 4.57 Å². The number of esters is 1. The number of carbonyl (C=O) groups is 1. The third kappa shape index (κ3) is 2.96. The SMILES string of the molecule is Cc1cccn(CC(=O)OC2CCCC2)c1=O. The van der Waals surface area contributed by atoms with Gasteiger partial charge in [0, 0.05) is 11.8 Å². The molecule has 0 atom stereocenters. The zero-order valence-corrected chi connectivity index (χ0v) is 10.0. The molecule has 17 heavy (non-hydrogen) atoms. The molecule has 1 aromatic heterocycles. The highest BCUT2D eigenvalue weighted by Crippen LogP contribution is 2.20. The minimum atomic E-state index is -0.315. The third-order valence-corrected chi connectivity index (χ3v) is 3.11. The first-order chi connectivity index (χ1) is 8.16. The number of rotatable bonds is 3. The highest BCUT2D eigenvalue weighted by molar-refractivity contribution is 5.69. The van der Waals surface area contributed by atoms with Crippen LogP contribution in [-0.4, -0.2) is 16.6 Å². The number of hydrogen-bond donors (Lipinski definition) is 0. The van der Waals surface area contributed by atoms with Crippen molar-refractivity contribution in [3.05, 3.63) is 34.2 Å². The third-order valence-electron chi connectivity index (χ3n) is 3.11. The minimum Gasteiger partial charge on any atom is -0.461 e. The first-order valence-electron chi connectivity index (χ1n) is 6.02. The Morgan fingerprint density at radius 3 is 2.88 bits per heavy atom. The monoisotopic (exact) mass is 235 g/mol. The summed E-state index contributed by atoms with van der Waals surface area (Å²) in [6, 6.07) is 3.50. The Balaban J connectivity index is 1.98. The number of carbonyl (C=O) groups excluding carboxylic acids is 1. The second-order valence-corrected chi connectivity index (χ2v) is 4.52. The highest BCUT2D eigenvalue weighted by atomic mass is 16.5. The van der Waals surface area contributed by atoms with Crippen LogP contribution in [0, 0.1) is 6.92 Å². The number of hydrogen-bond acceptors (Lipinski definition) is 3. The topological polar surface area (TPSA) is 48.3 Å². The summed E-state index contributed by atoms with van der Waals surface area (Å²) in [6.07, 6.45) is 5.83. The Morgan fingerprint density at radius 2 is 2.18 bits per heavy atom. The summed E-state index contributed by atoms with van der Waals surface area (Å²) in [7, 11) is 0. The molecule has 0 amide bonds. The maximum atomic E-state index is 11.7. The summed E-state index contributed by atoms with van der Waals surface area (Å²) >= 11 is 0. The first-order valence-corrected chi connectivity index (χ1v) is 6.02. The van der Waals surface area contributed by atoms with Crippen LogP contribution in [-0.2, 0) is 16.1 Å². The largest absolute Gasteiger partial charge is 0.461 e. The second kappa shape index (κ2) is 5.17. The van der Waals surface area contributed by atoms with Gasteiger partial charge in [0.1, 0.15) is 12.6 Å². The predicted octanol–water partition coefficient (Wildman–Crippen LogP) is 1.64. The maximum absolute atomic E-state index is 11.7. The molecule has 0 aliphatic heterocycles. The molecule has 1 fully saturated rings. The van der Waals surface area contributed by atoms with Crippen LogP contribution in [0.5, 0.6) is 0 Å². The molecule has 0 radical (unpaired) electrons. The maximum Gasteiger partial charge on any atom is 0.326 e. The molecule has 0 N–H and O–H groups in total. The molecule has 1 aromatic rings. The van der Waals surface area contributed by atoms with E-state index in [-0.39, 0.29) is 24.2 Å². The molecular formula is C13H17NO3. The lowest BCUT2D eigenvalue weighted by Gasteiger charge is -2.12. The lowest BCUT2D eigenvalue weighted by atomic mass is 10.3. The average Bonchev–Trinajstić information content (AvgIpc) is 2.77. The van der Waals surface area contributed by atoms with Crippen LogP contribution in [0.3, 0.4) is 0 Å². The molecule has 1 aliphatic rings. The van der Waals surface area contributed by atoms with Crippen molar-refractivity contribution in [2.45, 2.75) is 45.3 Å². The Labute approximate surface area is 100 Å². The lowest BCUT2D eigenvalue weighted by molar-refractivity contribution is -0.149. The van der Waals surface area contributed by atoms with E-state index < -0.39 is 0 Å². The van der Waals surface area contributed by atoms with Gasteiger partial charge in [0.15, 0.2) is 0 Å². The standard InChI is InChI=1S/C13H17NO3/c1-10-5-4-8-14(13(10)16)9-12(15)17-11-6-2-3-7-11/h4-5,8,11H,2-3,6-7,9H2,1H3. The minimum absolute atomic E-state index is 0.0109. The molecule has 1 aliphatic carbocycles. The van der Waals surface area contributed by atoms with Crippen LogP contribution in [0.15, 0.2) is 23.1 Å². The average molecular weight is 235 g/mol. The molecule has 4 nitrogen and oxygen atoms in total. The molecule has 2 rings (SSSR count). The number of nitrogens with zero attached hydrogens (tertiary/aromatic N) is 1. The van der Waals surface area contributed by atoms with E-state index in [2.05, 4.69) is 0 Å². The van der Waals surface area contributed by atoms with Gasteiger partial charge in [-0.2, -0.15) is 0 Å². The molecule has 0 bridgehead atoms. The fourth-order valence-corrected chi connectivity index (χ4v) is 2.15. The Hall–Kier alpha value is -1.58. The van der Waals surface area contributed by atoms with Crippen molar-refractivity contribution in [2.75, 3.05) is 0 Å². The Bertz CT molecular complexity index is 458. The molecule has 0 spiro atoms. The predicted molar refractivity (Wildman–Crippen MR) is 63.8 cm³/mol. The zero-order chi connectivity index (χ0) is 12.3. The van der Waals surface area contributed by atoms with Crippen molar-refractivity contribution < 1.29 is 9.53 Å². The smallest absolute Gasteiger partial charge is 0.326 e. The fraction of sp³-hybridized carbons (Fsp3) is 0.538. The van der Waals surface area contributed by atoms with Gasteiger partial charge in [0.2, 0.25) is 0 Å². The van der Waals surface area contributed by atoms with Crippen molar-refractivity contribution in [3.63, 3.8) is 0 Å². The van der Waals surface area contributed by atoms with Gasteiger partial charge in [0.05, 0.1) is 0 Å². The van der Waals surface area contributed by atoms with Crippen molar-refractivity contribution in [3.8, 4) is 0 Å². The van der Waals surface area contributed by atoms with Gasteiger partial charge in [0.25, 0.3) is 5.56 Å². The summed E-state index contributed by atoms with van der Waals surface area (Å²) < 4.78 is 6.71. The second-order valence-electron chi connectivity index (χ2n) is 4.52. The van der Waals surface area contributed by atoms with Gasteiger partial charge in [-0.3, -0.25) is 9.59 Å². The van der Waals surface area contributed by atoms with E-state index in [1.807, 2.05) is 0 Å². The summed E-state index contributed by atoms with van der Waals surface area (Å²) in [5, 5.41) is 0. The van der Waals surface area contributed by atoms with Gasteiger partial charge in [-0.05, 0) is 38.7 Å². The number of pyridine rings is 1.